The fourth-order valence-corrected chi connectivity index (χ4v) is 2.77. The van der Waals surface area contributed by atoms with E-state index in [2.05, 4.69) is 26.5 Å². The average molecular weight is 299 g/mol. The van der Waals surface area contributed by atoms with Crippen LogP contribution >= 0.6 is 24.2 Å². The Bertz CT molecular complexity index is 475. The lowest BCUT2D eigenvalue weighted by atomic mass is 9.76. The van der Waals surface area contributed by atoms with E-state index in [0.29, 0.717) is 20.9 Å². The molecule has 0 aliphatic heterocycles. The van der Waals surface area contributed by atoms with E-state index in [1.54, 1.807) is 18.2 Å². The number of halogens is 1. The molecule has 0 saturated heterocycles. The van der Waals surface area contributed by atoms with Crippen LogP contribution in [0.3, 0.4) is 0 Å². The number of esters is 1. The first-order valence-corrected chi connectivity index (χ1v) is 7.39. The van der Waals surface area contributed by atoms with Gasteiger partial charge in [-0.3, -0.25) is 0 Å². The molecule has 0 atom stereocenters. The Balaban J connectivity index is 2.00. The maximum atomic E-state index is 12.1. The second kappa shape index (κ2) is 5.76. The highest BCUT2D eigenvalue weighted by Gasteiger charge is 2.29. The molecular formula is C15H19ClO2S. The monoisotopic (exact) mass is 298 g/mol. The van der Waals surface area contributed by atoms with Crippen LogP contribution in [0.4, 0.5) is 0 Å². The molecule has 1 aromatic rings. The second-order valence-corrected chi connectivity index (χ2v) is 6.86. The first-order valence-electron chi connectivity index (χ1n) is 6.57. The van der Waals surface area contributed by atoms with Crippen molar-refractivity contribution in [2.45, 2.75) is 50.5 Å². The molecule has 1 fully saturated rings. The first kappa shape index (κ1) is 14.7. The normalized spacial score (nSPS) is 19.2. The molecule has 0 unspecified atom stereocenters. The van der Waals surface area contributed by atoms with E-state index >= 15 is 0 Å². The van der Waals surface area contributed by atoms with Crippen LogP contribution in [0.25, 0.3) is 0 Å². The van der Waals surface area contributed by atoms with Crippen molar-refractivity contribution in [2.24, 2.45) is 5.41 Å². The van der Waals surface area contributed by atoms with E-state index in [-0.39, 0.29) is 12.1 Å². The highest BCUT2D eigenvalue weighted by atomic mass is 35.5. The van der Waals surface area contributed by atoms with Gasteiger partial charge in [0.05, 0.1) is 10.6 Å². The number of carbonyl (C=O) groups excluding carboxylic acids is 1. The van der Waals surface area contributed by atoms with E-state index in [9.17, 15) is 4.79 Å². The van der Waals surface area contributed by atoms with Crippen molar-refractivity contribution in [3.63, 3.8) is 0 Å². The average Bonchev–Trinajstić information content (AvgIpc) is 2.35. The molecule has 19 heavy (non-hydrogen) atoms. The fraction of sp³-hybridized carbons (Fsp3) is 0.533. The summed E-state index contributed by atoms with van der Waals surface area (Å²) in [6.07, 6.45) is 4.05. The van der Waals surface area contributed by atoms with Gasteiger partial charge in [-0.1, -0.05) is 25.4 Å². The molecular weight excluding hydrogens is 280 g/mol. The van der Waals surface area contributed by atoms with Crippen LogP contribution in [-0.2, 0) is 4.74 Å². The molecule has 1 aromatic carbocycles. The number of ether oxygens (including phenoxy) is 1. The molecule has 2 rings (SSSR count). The lowest BCUT2D eigenvalue weighted by molar-refractivity contribution is 0.00950. The van der Waals surface area contributed by atoms with E-state index in [1.807, 2.05) is 0 Å². The predicted molar refractivity (Wildman–Crippen MR) is 80.2 cm³/mol. The van der Waals surface area contributed by atoms with Crippen molar-refractivity contribution in [3.8, 4) is 0 Å². The van der Waals surface area contributed by atoms with Crippen LogP contribution in [0.5, 0.6) is 0 Å². The summed E-state index contributed by atoms with van der Waals surface area (Å²) in [7, 11) is 0. The summed E-state index contributed by atoms with van der Waals surface area (Å²) in [6.45, 7) is 4.51. The Morgan fingerprint density at radius 3 is 2.63 bits per heavy atom. The molecule has 1 aliphatic rings. The highest BCUT2D eigenvalue weighted by Crippen LogP contribution is 2.36. The minimum Gasteiger partial charge on any atom is -0.459 e. The highest BCUT2D eigenvalue weighted by molar-refractivity contribution is 7.80. The zero-order valence-corrected chi connectivity index (χ0v) is 12.9. The number of hydrogen-bond acceptors (Lipinski definition) is 3. The molecule has 0 bridgehead atoms. The van der Waals surface area contributed by atoms with Crippen LogP contribution in [0.1, 0.15) is 49.9 Å². The van der Waals surface area contributed by atoms with Gasteiger partial charge in [-0.05, 0) is 49.3 Å². The zero-order valence-electron chi connectivity index (χ0n) is 11.3. The van der Waals surface area contributed by atoms with Gasteiger partial charge in [-0.15, -0.1) is 12.6 Å². The zero-order chi connectivity index (χ0) is 14.0. The molecule has 0 heterocycles. The third-order valence-corrected chi connectivity index (χ3v) is 4.34. The number of thiol groups is 1. The number of rotatable bonds is 2. The van der Waals surface area contributed by atoms with Gasteiger partial charge in [0.15, 0.2) is 0 Å². The Labute approximate surface area is 124 Å². The van der Waals surface area contributed by atoms with Crippen molar-refractivity contribution >= 4 is 30.2 Å². The van der Waals surface area contributed by atoms with Crippen molar-refractivity contribution < 1.29 is 9.53 Å². The van der Waals surface area contributed by atoms with Crippen molar-refractivity contribution in [2.75, 3.05) is 0 Å². The number of carbonyl (C=O) groups is 1. The van der Waals surface area contributed by atoms with Crippen LogP contribution in [0, 0.1) is 5.41 Å². The molecule has 2 nitrogen and oxygen atoms in total. The van der Waals surface area contributed by atoms with Gasteiger partial charge in [-0.2, -0.15) is 0 Å². The molecule has 0 radical (unpaired) electrons. The molecule has 0 aromatic heterocycles. The standard InChI is InChI=1S/C15H19ClO2S/c1-15(2)7-5-10(6-8-15)18-14(17)12-9-11(19)3-4-13(12)16/h3-4,9-10,19H,5-8H2,1-2H3. The largest absolute Gasteiger partial charge is 0.459 e. The lowest BCUT2D eigenvalue weighted by Crippen LogP contribution is -2.28. The van der Waals surface area contributed by atoms with Crippen molar-refractivity contribution in [1.82, 2.24) is 0 Å². The summed E-state index contributed by atoms with van der Waals surface area (Å²) in [6, 6.07) is 5.08. The van der Waals surface area contributed by atoms with E-state index < -0.39 is 0 Å². The van der Waals surface area contributed by atoms with E-state index in [1.165, 1.54) is 0 Å². The topological polar surface area (TPSA) is 26.3 Å². The summed E-state index contributed by atoms with van der Waals surface area (Å²) in [5.74, 6) is -0.342. The molecule has 0 N–H and O–H groups in total. The van der Waals surface area contributed by atoms with Crippen molar-refractivity contribution in [1.29, 1.82) is 0 Å². The van der Waals surface area contributed by atoms with Gasteiger partial charge in [0, 0.05) is 4.90 Å². The Morgan fingerprint density at radius 1 is 1.37 bits per heavy atom. The van der Waals surface area contributed by atoms with Crippen LogP contribution in [0.2, 0.25) is 5.02 Å². The molecule has 1 saturated carbocycles. The van der Waals surface area contributed by atoms with Crippen LogP contribution < -0.4 is 0 Å². The number of hydrogen-bond donors (Lipinski definition) is 1. The smallest absolute Gasteiger partial charge is 0.339 e. The third-order valence-electron chi connectivity index (χ3n) is 3.73. The van der Waals surface area contributed by atoms with Crippen LogP contribution in [-0.4, -0.2) is 12.1 Å². The van der Waals surface area contributed by atoms with E-state index in [0.717, 1.165) is 25.7 Å². The second-order valence-electron chi connectivity index (χ2n) is 5.93. The summed E-state index contributed by atoms with van der Waals surface area (Å²) >= 11 is 10.2. The summed E-state index contributed by atoms with van der Waals surface area (Å²) in [5.41, 5.74) is 0.768. The predicted octanol–water partition coefficient (Wildman–Crippen LogP) is 4.75. The Morgan fingerprint density at radius 2 is 2.00 bits per heavy atom. The molecule has 104 valence electrons. The molecule has 4 heteroatoms. The van der Waals surface area contributed by atoms with Gasteiger partial charge in [-0.25, -0.2) is 4.79 Å². The maximum absolute atomic E-state index is 12.1. The first-order chi connectivity index (χ1) is 8.87. The molecule has 1 aliphatic carbocycles. The Hall–Kier alpha value is -0.670. The summed E-state index contributed by atoms with van der Waals surface area (Å²) in [5, 5.41) is 0.416. The van der Waals surface area contributed by atoms with Crippen LogP contribution in [0.15, 0.2) is 23.1 Å². The molecule has 0 amide bonds. The minimum atomic E-state index is -0.342. The van der Waals surface area contributed by atoms with Gasteiger partial charge in [0.2, 0.25) is 0 Å². The van der Waals surface area contributed by atoms with Gasteiger partial charge in [0.25, 0.3) is 0 Å². The van der Waals surface area contributed by atoms with Gasteiger partial charge >= 0.3 is 5.97 Å². The Kier molecular flexibility index (Phi) is 4.46. The SMILES string of the molecule is CC1(C)CCC(OC(=O)c2cc(S)ccc2Cl)CC1. The number of benzene rings is 1. The molecule has 0 spiro atoms. The summed E-state index contributed by atoms with van der Waals surface area (Å²) < 4.78 is 5.55. The van der Waals surface area contributed by atoms with Crippen molar-refractivity contribution in [3.05, 3.63) is 28.8 Å². The van der Waals surface area contributed by atoms with Gasteiger partial charge < -0.3 is 4.74 Å². The third kappa shape index (κ3) is 3.90. The summed E-state index contributed by atoms with van der Waals surface area (Å²) in [4.78, 5) is 12.8. The lowest BCUT2D eigenvalue weighted by Gasteiger charge is -2.33. The fourth-order valence-electron chi connectivity index (χ4n) is 2.38. The van der Waals surface area contributed by atoms with E-state index in [4.69, 9.17) is 16.3 Å². The quantitative estimate of drug-likeness (QED) is 0.629. The minimum absolute atomic E-state index is 0.0140. The van der Waals surface area contributed by atoms with Gasteiger partial charge in [0.1, 0.15) is 6.10 Å². The maximum Gasteiger partial charge on any atom is 0.339 e.